The molecule has 4 rings (SSSR count). The molecule has 1 saturated heterocycles. The summed E-state index contributed by atoms with van der Waals surface area (Å²) in [5.41, 5.74) is 5.42. The number of unbranched alkanes of at least 4 members (excludes halogenated alkanes) is 1. The van der Waals surface area contributed by atoms with Crippen LogP contribution in [-0.2, 0) is 0 Å². The maximum Gasteiger partial charge on any atom is 0.270 e. The lowest BCUT2D eigenvalue weighted by Crippen LogP contribution is -2.27. The van der Waals surface area contributed by atoms with Crippen molar-refractivity contribution in [1.82, 2.24) is 19.6 Å². The number of likely N-dealkylation sites (tertiary alicyclic amines) is 1. The predicted octanol–water partition coefficient (Wildman–Crippen LogP) is 4.22. The van der Waals surface area contributed by atoms with Gasteiger partial charge in [0.1, 0.15) is 17.0 Å². The summed E-state index contributed by atoms with van der Waals surface area (Å²) >= 11 is 0. The molecule has 5 nitrogen and oxygen atoms in total. The molecular weight excluding hydrogens is 360 g/mol. The molecule has 0 atom stereocenters. The third-order valence-electron chi connectivity index (χ3n) is 5.69. The fourth-order valence-corrected chi connectivity index (χ4v) is 4.03. The van der Waals surface area contributed by atoms with E-state index in [1.807, 2.05) is 41.8 Å². The van der Waals surface area contributed by atoms with E-state index in [1.165, 1.54) is 31.5 Å². The molecule has 1 N–H and O–H groups in total. The molecule has 1 aliphatic rings. The maximum atomic E-state index is 13.1. The zero-order valence-electron chi connectivity index (χ0n) is 17.4. The first-order valence-corrected chi connectivity index (χ1v) is 10.7. The second-order valence-electron chi connectivity index (χ2n) is 8.12. The van der Waals surface area contributed by atoms with Crippen LogP contribution in [-0.4, -0.2) is 46.4 Å². The van der Waals surface area contributed by atoms with Crippen LogP contribution < -0.4 is 5.32 Å². The first kappa shape index (κ1) is 19.6. The lowest BCUT2D eigenvalue weighted by atomic mass is 10.1. The summed E-state index contributed by atoms with van der Waals surface area (Å²) in [6, 6.07) is 12.2. The Hall–Kier alpha value is -2.66. The lowest BCUT2D eigenvalue weighted by molar-refractivity contribution is 0.0947. The number of hydrogen-bond donors (Lipinski definition) is 1. The third-order valence-corrected chi connectivity index (χ3v) is 5.69. The van der Waals surface area contributed by atoms with Crippen molar-refractivity contribution in [3.05, 3.63) is 59.4 Å². The number of aryl methyl sites for hydroxylation is 2. The van der Waals surface area contributed by atoms with E-state index >= 15 is 0 Å². The molecule has 29 heavy (non-hydrogen) atoms. The topological polar surface area (TPSA) is 49.6 Å². The molecule has 5 heteroatoms. The molecule has 1 aromatic carbocycles. The highest BCUT2D eigenvalue weighted by Gasteiger charge is 2.20. The highest BCUT2D eigenvalue weighted by molar-refractivity contribution is 5.99. The average Bonchev–Trinajstić information content (AvgIpc) is 3.35. The first-order valence-electron chi connectivity index (χ1n) is 10.7. The van der Waals surface area contributed by atoms with Crippen LogP contribution in [0.25, 0.3) is 16.9 Å². The van der Waals surface area contributed by atoms with E-state index in [-0.39, 0.29) is 5.91 Å². The minimum absolute atomic E-state index is 0.0557. The van der Waals surface area contributed by atoms with E-state index in [0.717, 1.165) is 41.9 Å². The number of benzene rings is 1. The van der Waals surface area contributed by atoms with Crippen molar-refractivity contribution in [1.29, 1.82) is 0 Å². The summed E-state index contributed by atoms with van der Waals surface area (Å²) < 4.78 is 1.92. The number of nitrogens with zero attached hydrogens (tertiary/aromatic N) is 3. The molecular formula is C24H30N4O. The van der Waals surface area contributed by atoms with Crippen molar-refractivity contribution < 1.29 is 4.79 Å². The van der Waals surface area contributed by atoms with Gasteiger partial charge in [-0.1, -0.05) is 35.9 Å². The van der Waals surface area contributed by atoms with Crippen molar-refractivity contribution >= 4 is 11.6 Å². The third kappa shape index (κ3) is 4.51. The summed E-state index contributed by atoms with van der Waals surface area (Å²) in [6.07, 6.45) is 6.76. The van der Waals surface area contributed by atoms with E-state index in [0.29, 0.717) is 12.2 Å². The van der Waals surface area contributed by atoms with Crippen LogP contribution in [0.15, 0.2) is 42.6 Å². The Labute approximate surface area is 172 Å². The van der Waals surface area contributed by atoms with Crippen LogP contribution in [0.2, 0.25) is 0 Å². The minimum Gasteiger partial charge on any atom is -0.351 e. The zero-order chi connectivity index (χ0) is 20.2. The van der Waals surface area contributed by atoms with E-state index in [4.69, 9.17) is 4.98 Å². The Morgan fingerprint density at radius 2 is 1.72 bits per heavy atom. The van der Waals surface area contributed by atoms with Crippen molar-refractivity contribution in [2.45, 2.75) is 39.5 Å². The highest BCUT2D eigenvalue weighted by Crippen LogP contribution is 2.25. The standard InChI is InChI=1S/C24H30N4O/c1-18-7-10-20(11-8-18)22-23(28-17-19(2)9-12-21(28)26-22)24(29)25-13-3-4-14-27-15-5-6-16-27/h7-12,17H,3-6,13-16H2,1-2H3,(H,25,29). The van der Waals surface area contributed by atoms with Gasteiger partial charge in [-0.2, -0.15) is 0 Å². The van der Waals surface area contributed by atoms with Gasteiger partial charge in [-0.25, -0.2) is 4.98 Å². The first-order chi connectivity index (χ1) is 14.1. The normalized spacial score (nSPS) is 14.6. The quantitative estimate of drug-likeness (QED) is 0.615. The Morgan fingerprint density at radius 1 is 1.00 bits per heavy atom. The second kappa shape index (κ2) is 8.78. The van der Waals surface area contributed by atoms with Gasteiger partial charge in [-0.3, -0.25) is 9.20 Å². The van der Waals surface area contributed by atoms with Gasteiger partial charge in [0, 0.05) is 18.3 Å². The predicted molar refractivity (Wildman–Crippen MR) is 117 cm³/mol. The molecule has 1 fully saturated rings. The summed E-state index contributed by atoms with van der Waals surface area (Å²) in [7, 11) is 0. The van der Waals surface area contributed by atoms with Crippen molar-refractivity contribution in [3.8, 4) is 11.3 Å². The van der Waals surface area contributed by atoms with Gasteiger partial charge in [-0.05, 0) is 70.8 Å². The van der Waals surface area contributed by atoms with E-state index < -0.39 is 0 Å². The van der Waals surface area contributed by atoms with Crippen LogP contribution in [0.4, 0.5) is 0 Å². The number of aromatic nitrogens is 2. The second-order valence-corrected chi connectivity index (χ2v) is 8.12. The van der Waals surface area contributed by atoms with Gasteiger partial charge in [0.25, 0.3) is 5.91 Å². The van der Waals surface area contributed by atoms with Crippen LogP contribution in [0.1, 0.15) is 47.3 Å². The van der Waals surface area contributed by atoms with E-state index in [1.54, 1.807) is 0 Å². The van der Waals surface area contributed by atoms with Crippen molar-refractivity contribution in [2.75, 3.05) is 26.2 Å². The minimum atomic E-state index is -0.0557. The molecule has 0 radical (unpaired) electrons. The number of pyridine rings is 1. The molecule has 0 spiro atoms. The maximum absolute atomic E-state index is 13.1. The number of amides is 1. The number of carbonyl (C=O) groups is 1. The Morgan fingerprint density at radius 3 is 2.48 bits per heavy atom. The Kier molecular flexibility index (Phi) is 5.95. The lowest BCUT2D eigenvalue weighted by Gasteiger charge is -2.14. The molecule has 0 bridgehead atoms. The average molecular weight is 391 g/mol. The largest absolute Gasteiger partial charge is 0.351 e. The Bertz CT molecular complexity index is 984. The van der Waals surface area contributed by atoms with Gasteiger partial charge >= 0.3 is 0 Å². The molecule has 0 unspecified atom stereocenters. The van der Waals surface area contributed by atoms with Gasteiger partial charge in [0.05, 0.1) is 0 Å². The van der Waals surface area contributed by atoms with Crippen LogP contribution in [0.5, 0.6) is 0 Å². The number of imidazole rings is 1. The summed E-state index contributed by atoms with van der Waals surface area (Å²) in [5.74, 6) is -0.0557. The Balaban J connectivity index is 1.51. The summed E-state index contributed by atoms with van der Waals surface area (Å²) in [5, 5.41) is 3.13. The molecule has 152 valence electrons. The van der Waals surface area contributed by atoms with E-state index in [9.17, 15) is 4.79 Å². The van der Waals surface area contributed by atoms with Gasteiger partial charge in [0.2, 0.25) is 0 Å². The monoisotopic (exact) mass is 390 g/mol. The number of carbonyl (C=O) groups excluding carboxylic acids is 1. The summed E-state index contributed by atoms with van der Waals surface area (Å²) in [4.78, 5) is 20.4. The molecule has 3 aromatic rings. The van der Waals surface area contributed by atoms with Gasteiger partial charge in [-0.15, -0.1) is 0 Å². The number of hydrogen-bond acceptors (Lipinski definition) is 3. The molecule has 0 saturated carbocycles. The number of nitrogens with one attached hydrogen (secondary N) is 1. The smallest absolute Gasteiger partial charge is 0.270 e. The number of fused-ring (bicyclic) bond motifs is 1. The highest BCUT2D eigenvalue weighted by atomic mass is 16.1. The molecule has 1 amide bonds. The van der Waals surface area contributed by atoms with Crippen LogP contribution >= 0.6 is 0 Å². The zero-order valence-corrected chi connectivity index (χ0v) is 17.4. The van der Waals surface area contributed by atoms with E-state index in [2.05, 4.69) is 29.3 Å². The van der Waals surface area contributed by atoms with Gasteiger partial charge < -0.3 is 10.2 Å². The number of rotatable bonds is 7. The SMILES string of the molecule is Cc1ccc(-c2nc3ccc(C)cn3c2C(=O)NCCCCN2CCCC2)cc1. The molecule has 2 aromatic heterocycles. The fraction of sp³-hybridized carbons (Fsp3) is 0.417. The molecule has 1 aliphatic heterocycles. The van der Waals surface area contributed by atoms with Crippen LogP contribution in [0, 0.1) is 13.8 Å². The van der Waals surface area contributed by atoms with Crippen molar-refractivity contribution in [2.24, 2.45) is 0 Å². The molecule has 0 aliphatic carbocycles. The molecule has 3 heterocycles. The fourth-order valence-electron chi connectivity index (χ4n) is 4.03. The summed E-state index contributed by atoms with van der Waals surface area (Å²) in [6.45, 7) is 8.39. The van der Waals surface area contributed by atoms with Gasteiger partial charge in [0.15, 0.2) is 0 Å². The van der Waals surface area contributed by atoms with Crippen LogP contribution in [0.3, 0.4) is 0 Å². The van der Waals surface area contributed by atoms with Crippen molar-refractivity contribution in [3.63, 3.8) is 0 Å².